The Morgan fingerprint density at radius 2 is 0.839 bits per heavy atom. The van der Waals surface area contributed by atoms with Crippen LogP contribution in [0, 0.1) is 35.1 Å². The summed E-state index contributed by atoms with van der Waals surface area (Å²) in [5, 5.41) is 22.6. The number of benzene rings is 2. The first-order valence-corrected chi connectivity index (χ1v) is 20.4. The van der Waals surface area contributed by atoms with Crippen LogP contribution in [0.15, 0.2) is 85.7 Å². The average Bonchev–Trinajstić information content (AvgIpc) is 4.16. The van der Waals surface area contributed by atoms with Crippen molar-refractivity contribution in [3.8, 4) is 0 Å². The summed E-state index contributed by atoms with van der Waals surface area (Å²) in [7, 11) is 0. The predicted molar refractivity (Wildman–Crippen MR) is 206 cm³/mol. The number of imidazole rings is 2. The van der Waals surface area contributed by atoms with Crippen LogP contribution in [0.4, 0.5) is 17.6 Å². The van der Waals surface area contributed by atoms with Crippen LogP contribution < -0.4 is 0 Å². The van der Waals surface area contributed by atoms with Gasteiger partial charge in [-0.25, -0.2) is 27.5 Å². The van der Waals surface area contributed by atoms with E-state index in [1.54, 1.807) is 24.8 Å². The molecule has 0 spiro atoms. The van der Waals surface area contributed by atoms with Crippen molar-refractivity contribution >= 4 is 11.0 Å². The molecule has 2 atom stereocenters. The molecule has 2 aromatic carbocycles. The van der Waals surface area contributed by atoms with E-state index in [1.165, 1.54) is 61.1 Å². The fourth-order valence-corrected chi connectivity index (χ4v) is 9.68. The number of aromatic nitrogens is 4. The standard InChI is InChI=1S/2C23H24F2N2O/c2*24-20-10-7-17(11-21(20)25)14-1-5-16(6-2-14)23(28)22-19(15-3-4-15)9-8-18-12-26-13-27(18)22/h2*7-16,23,28H,1-6H2/t2*14?,16?,23-/m10/s1. The number of halogens is 4. The highest BCUT2D eigenvalue weighted by atomic mass is 19.2. The summed E-state index contributed by atoms with van der Waals surface area (Å²) >= 11 is 0. The van der Waals surface area contributed by atoms with Crippen molar-refractivity contribution in [1.29, 1.82) is 0 Å². The van der Waals surface area contributed by atoms with Gasteiger partial charge in [-0.1, -0.05) is 24.3 Å². The topological polar surface area (TPSA) is 75.1 Å². The molecule has 4 saturated carbocycles. The minimum Gasteiger partial charge on any atom is -0.387 e. The largest absolute Gasteiger partial charge is 0.387 e. The van der Waals surface area contributed by atoms with Gasteiger partial charge >= 0.3 is 0 Å². The maximum absolute atomic E-state index is 13.6. The summed E-state index contributed by atoms with van der Waals surface area (Å²) in [5.74, 6) is -1.25. The van der Waals surface area contributed by atoms with Gasteiger partial charge in [0.2, 0.25) is 0 Å². The molecule has 0 unspecified atom stereocenters. The Bertz CT molecular complexity index is 2170. The number of pyridine rings is 2. The van der Waals surface area contributed by atoms with E-state index in [4.69, 9.17) is 0 Å². The molecule has 4 heterocycles. The van der Waals surface area contributed by atoms with Gasteiger partial charge in [0.25, 0.3) is 0 Å². The van der Waals surface area contributed by atoms with Crippen LogP contribution in [0.25, 0.3) is 11.0 Å². The third kappa shape index (κ3) is 7.38. The average molecular weight is 765 g/mol. The molecule has 0 saturated heterocycles. The van der Waals surface area contributed by atoms with E-state index in [9.17, 15) is 27.8 Å². The first-order valence-electron chi connectivity index (χ1n) is 20.4. The van der Waals surface area contributed by atoms with Crippen molar-refractivity contribution in [3.63, 3.8) is 0 Å². The van der Waals surface area contributed by atoms with Crippen molar-refractivity contribution < 1.29 is 27.8 Å². The highest BCUT2D eigenvalue weighted by Crippen LogP contribution is 2.49. The van der Waals surface area contributed by atoms with Crippen LogP contribution in [0.2, 0.25) is 0 Å². The first-order chi connectivity index (χ1) is 27.2. The summed E-state index contributed by atoms with van der Waals surface area (Å²) < 4.78 is 57.7. The van der Waals surface area contributed by atoms with Crippen LogP contribution in [0.5, 0.6) is 0 Å². The number of hydrogen-bond acceptors (Lipinski definition) is 4. The molecule has 6 nitrogen and oxygen atoms in total. The van der Waals surface area contributed by atoms with Gasteiger partial charge < -0.3 is 19.0 Å². The highest BCUT2D eigenvalue weighted by molar-refractivity contribution is 5.51. The zero-order valence-corrected chi connectivity index (χ0v) is 31.4. The molecule has 2 N–H and O–H groups in total. The molecular weight excluding hydrogens is 717 g/mol. The first kappa shape index (κ1) is 37.1. The van der Waals surface area contributed by atoms with Crippen LogP contribution >= 0.6 is 0 Å². The number of hydrogen-bond donors (Lipinski definition) is 2. The number of nitrogens with zero attached hydrogens (tertiary/aromatic N) is 4. The highest BCUT2D eigenvalue weighted by Gasteiger charge is 2.36. The SMILES string of the molecule is O[C@@H](c1c(C2CC2)ccc2cncn12)C1CCC(c2ccc(F)c(F)c2)CC1.O[C@H](c1c(C2CC2)ccc2cncn12)C1CCC(c2ccc(F)c(F)c2)CC1. The Kier molecular flexibility index (Phi) is 10.2. The summed E-state index contributed by atoms with van der Waals surface area (Å²) in [6, 6.07) is 16.9. The Morgan fingerprint density at radius 1 is 0.464 bits per heavy atom. The number of fused-ring (bicyclic) bond motifs is 2. The molecular formula is C46H48F4N4O2. The third-order valence-electron chi connectivity index (χ3n) is 13.2. The van der Waals surface area contributed by atoms with Crippen molar-refractivity contribution in [3.05, 3.63) is 143 Å². The normalized spacial score (nSPS) is 23.8. The smallest absolute Gasteiger partial charge is 0.159 e. The molecule has 4 aliphatic carbocycles. The van der Waals surface area contributed by atoms with Crippen molar-refractivity contribution in [2.24, 2.45) is 11.8 Å². The number of aliphatic hydroxyl groups excluding tert-OH is 2. The Morgan fingerprint density at radius 3 is 1.20 bits per heavy atom. The lowest BCUT2D eigenvalue weighted by Gasteiger charge is -2.33. The summed E-state index contributed by atoms with van der Waals surface area (Å²) in [4.78, 5) is 8.53. The zero-order valence-electron chi connectivity index (χ0n) is 31.4. The zero-order chi connectivity index (χ0) is 38.5. The Hall–Kier alpha value is -4.54. The molecule has 0 bridgehead atoms. The quantitative estimate of drug-likeness (QED) is 0.151. The van der Waals surface area contributed by atoms with Crippen LogP contribution in [-0.2, 0) is 0 Å². The minimum absolute atomic E-state index is 0.173. The molecule has 0 amide bonds. The number of rotatable bonds is 8. The van der Waals surface area contributed by atoms with Gasteiger partial charge in [0.15, 0.2) is 23.3 Å². The van der Waals surface area contributed by atoms with Crippen LogP contribution in [0.1, 0.15) is 147 Å². The van der Waals surface area contributed by atoms with E-state index in [-0.39, 0.29) is 23.7 Å². The van der Waals surface area contributed by atoms with E-state index >= 15 is 0 Å². The van der Waals surface area contributed by atoms with E-state index < -0.39 is 35.5 Å². The second kappa shape index (κ2) is 15.4. The molecule has 0 radical (unpaired) electrons. The van der Waals surface area contributed by atoms with Gasteiger partial charge in [0.1, 0.15) is 0 Å². The van der Waals surface area contributed by atoms with E-state index in [1.807, 2.05) is 21.2 Å². The molecule has 292 valence electrons. The maximum atomic E-state index is 13.6. The van der Waals surface area contributed by atoms with Gasteiger partial charge in [-0.15, -0.1) is 0 Å². The molecule has 6 aromatic rings. The number of aliphatic hydroxyl groups is 2. The summed E-state index contributed by atoms with van der Waals surface area (Å²) in [6.45, 7) is 0. The van der Waals surface area contributed by atoms with Gasteiger partial charge in [-0.2, -0.15) is 0 Å². The molecule has 4 fully saturated rings. The molecule has 0 aliphatic heterocycles. The van der Waals surface area contributed by atoms with Crippen molar-refractivity contribution in [1.82, 2.24) is 18.8 Å². The maximum Gasteiger partial charge on any atom is 0.159 e. The van der Waals surface area contributed by atoms with Gasteiger partial charge in [0, 0.05) is 0 Å². The Labute approximate surface area is 324 Å². The lowest BCUT2D eigenvalue weighted by molar-refractivity contribution is 0.0752. The second-order valence-electron chi connectivity index (χ2n) is 16.7. The van der Waals surface area contributed by atoms with Gasteiger partial charge in [0.05, 0.1) is 59.7 Å². The molecule has 4 aliphatic rings. The van der Waals surface area contributed by atoms with Crippen LogP contribution in [-0.4, -0.2) is 29.0 Å². The molecule has 10 heteroatoms. The molecule has 56 heavy (non-hydrogen) atoms. The Balaban J connectivity index is 0.000000146. The second-order valence-corrected chi connectivity index (χ2v) is 16.7. The lowest BCUT2D eigenvalue weighted by atomic mass is 9.75. The summed E-state index contributed by atoms with van der Waals surface area (Å²) in [5.41, 5.74) is 8.23. The third-order valence-corrected chi connectivity index (χ3v) is 13.2. The fraction of sp³-hybridized carbons (Fsp3) is 0.435. The predicted octanol–water partition coefficient (Wildman–Crippen LogP) is 11.0. The molecule has 4 aromatic heterocycles. The van der Waals surface area contributed by atoms with E-state index in [2.05, 4.69) is 34.2 Å². The monoisotopic (exact) mass is 764 g/mol. The van der Waals surface area contributed by atoms with Crippen LogP contribution in [0.3, 0.4) is 0 Å². The van der Waals surface area contributed by atoms with Gasteiger partial charge in [-0.05, 0) is 171 Å². The lowest BCUT2D eigenvalue weighted by Crippen LogP contribution is -2.22. The summed E-state index contributed by atoms with van der Waals surface area (Å²) in [6.07, 6.45) is 17.9. The van der Waals surface area contributed by atoms with E-state index in [0.717, 1.165) is 84.9 Å². The van der Waals surface area contributed by atoms with Crippen molar-refractivity contribution in [2.75, 3.05) is 0 Å². The molecule has 10 rings (SSSR count). The van der Waals surface area contributed by atoms with E-state index in [0.29, 0.717) is 11.8 Å². The fourth-order valence-electron chi connectivity index (χ4n) is 9.68. The van der Waals surface area contributed by atoms with Crippen molar-refractivity contribution in [2.45, 2.75) is 113 Å². The minimum atomic E-state index is -0.797. The van der Waals surface area contributed by atoms with Gasteiger partial charge in [-0.3, -0.25) is 0 Å².